The first kappa shape index (κ1) is 16.1. The highest BCUT2D eigenvalue weighted by Crippen LogP contribution is 2.40. The van der Waals surface area contributed by atoms with Crippen molar-refractivity contribution >= 4 is 50.0 Å². The van der Waals surface area contributed by atoms with Crippen molar-refractivity contribution < 1.29 is 4.79 Å². The van der Waals surface area contributed by atoms with Crippen LogP contribution in [0.15, 0.2) is 24.8 Å². The lowest BCUT2D eigenvalue weighted by atomic mass is 9.87. The fourth-order valence-corrected chi connectivity index (χ4v) is 4.94. The van der Waals surface area contributed by atoms with Gasteiger partial charge in [0.05, 0.1) is 23.5 Å². The number of amides is 1. The van der Waals surface area contributed by atoms with E-state index in [0.29, 0.717) is 0 Å². The molecule has 1 atom stereocenters. The SMILES string of the molecule is CNC(=O)[C@H]1CCc2c(sc3ncnc(Nc4cnc5[nH]ncc5c4)c23)C1. The van der Waals surface area contributed by atoms with E-state index < -0.39 is 0 Å². The number of nitrogens with one attached hydrogen (secondary N) is 3. The molecule has 0 aromatic carbocycles. The van der Waals surface area contributed by atoms with E-state index in [1.54, 1.807) is 37.1 Å². The van der Waals surface area contributed by atoms with Crippen LogP contribution in [0.4, 0.5) is 11.5 Å². The van der Waals surface area contributed by atoms with Crippen molar-refractivity contribution in [2.75, 3.05) is 12.4 Å². The standard InChI is InChI=1S/C18H17N7OS/c1-19-17(26)9-2-3-12-13(5-9)27-18-14(12)16(21-8-22-18)24-11-4-10-6-23-25-15(10)20-7-11/h4,6-9H,2-3,5H2,1H3,(H,19,26)(H,20,23,25)(H,21,22,24)/t9-/m0/s1. The van der Waals surface area contributed by atoms with Gasteiger partial charge in [-0.15, -0.1) is 11.3 Å². The Morgan fingerprint density at radius 1 is 1.30 bits per heavy atom. The highest BCUT2D eigenvalue weighted by molar-refractivity contribution is 7.19. The van der Waals surface area contributed by atoms with Crippen molar-refractivity contribution in [3.63, 3.8) is 0 Å². The number of nitrogens with zero attached hydrogens (tertiary/aromatic N) is 4. The molecule has 4 heterocycles. The first-order valence-corrected chi connectivity index (χ1v) is 9.57. The number of thiophene rings is 1. The summed E-state index contributed by atoms with van der Waals surface area (Å²) in [4.78, 5) is 27.5. The number of carbonyl (C=O) groups is 1. The Bertz CT molecular complexity index is 1170. The van der Waals surface area contributed by atoms with Crippen LogP contribution >= 0.6 is 11.3 Å². The summed E-state index contributed by atoms with van der Waals surface area (Å²) in [7, 11) is 1.70. The number of fused-ring (bicyclic) bond motifs is 4. The van der Waals surface area contributed by atoms with Crippen LogP contribution in [0, 0.1) is 5.92 Å². The van der Waals surface area contributed by atoms with Crippen LogP contribution in [0.25, 0.3) is 21.3 Å². The van der Waals surface area contributed by atoms with Gasteiger partial charge in [0.2, 0.25) is 5.91 Å². The third-order valence-electron chi connectivity index (χ3n) is 5.02. The van der Waals surface area contributed by atoms with Gasteiger partial charge in [-0.3, -0.25) is 9.89 Å². The minimum Gasteiger partial charge on any atom is -0.359 e. The second-order valence-corrected chi connectivity index (χ2v) is 7.70. The summed E-state index contributed by atoms with van der Waals surface area (Å²) in [6, 6.07) is 1.99. The molecule has 1 aliphatic rings. The summed E-state index contributed by atoms with van der Waals surface area (Å²) in [6.07, 6.45) is 7.54. The molecular formula is C18H17N7OS. The zero-order valence-electron chi connectivity index (χ0n) is 14.6. The van der Waals surface area contributed by atoms with Crippen LogP contribution in [-0.2, 0) is 17.6 Å². The first-order chi connectivity index (χ1) is 13.2. The monoisotopic (exact) mass is 379 g/mol. The van der Waals surface area contributed by atoms with Crippen LogP contribution in [0.2, 0.25) is 0 Å². The van der Waals surface area contributed by atoms with Gasteiger partial charge in [0.25, 0.3) is 0 Å². The Hall–Kier alpha value is -3.07. The van der Waals surface area contributed by atoms with Gasteiger partial charge in [0.1, 0.15) is 17.0 Å². The second kappa shape index (κ2) is 6.27. The Balaban J connectivity index is 1.54. The molecule has 0 saturated carbocycles. The lowest BCUT2D eigenvalue weighted by molar-refractivity contribution is -0.124. The Morgan fingerprint density at radius 3 is 3.11 bits per heavy atom. The zero-order valence-corrected chi connectivity index (χ0v) is 15.4. The van der Waals surface area contributed by atoms with Crippen LogP contribution in [0.5, 0.6) is 0 Å². The predicted molar refractivity (Wildman–Crippen MR) is 104 cm³/mol. The molecule has 0 bridgehead atoms. The molecule has 0 unspecified atom stereocenters. The first-order valence-electron chi connectivity index (χ1n) is 8.76. The third-order valence-corrected chi connectivity index (χ3v) is 6.18. The largest absolute Gasteiger partial charge is 0.359 e. The number of aromatic amines is 1. The Kier molecular flexibility index (Phi) is 3.75. The highest BCUT2D eigenvalue weighted by atomic mass is 32.1. The highest BCUT2D eigenvalue weighted by Gasteiger charge is 2.28. The van der Waals surface area contributed by atoms with Gasteiger partial charge < -0.3 is 10.6 Å². The third kappa shape index (κ3) is 2.71. The molecule has 5 rings (SSSR count). The lowest BCUT2D eigenvalue weighted by Crippen LogP contribution is -2.31. The number of aryl methyl sites for hydroxylation is 1. The molecule has 4 aromatic rings. The summed E-state index contributed by atoms with van der Waals surface area (Å²) in [5, 5.41) is 15.0. The topological polar surface area (TPSA) is 108 Å². The number of pyridine rings is 1. The second-order valence-electron chi connectivity index (χ2n) is 6.62. The van der Waals surface area contributed by atoms with Crippen molar-refractivity contribution in [3.8, 4) is 0 Å². The molecule has 0 spiro atoms. The molecule has 4 aromatic heterocycles. The molecule has 136 valence electrons. The number of hydrogen-bond donors (Lipinski definition) is 3. The van der Waals surface area contributed by atoms with Crippen LogP contribution in [0.1, 0.15) is 16.9 Å². The summed E-state index contributed by atoms with van der Waals surface area (Å²) in [6.45, 7) is 0. The molecule has 0 saturated heterocycles. The summed E-state index contributed by atoms with van der Waals surface area (Å²) < 4.78 is 0. The fourth-order valence-electron chi connectivity index (χ4n) is 3.67. The quantitative estimate of drug-likeness (QED) is 0.505. The molecular weight excluding hydrogens is 362 g/mol. The summed E-state index contributed by atoms with van der Waals surface area (Å²) in [5.74, 6) is 0.926. The summed E-state index contributed by atoms with van der Waals surface area (Å²) in [5.41, 5.74) is 2.86. The van der Waals surface area contributed by atoms with E-state index in [4.69, 9.17) is 0 Å². The number of aromatic nitrogens is 5. The number of carbonyl (C=O) groups excluding carboxylic acids is 1. The van der Waals surface area contributed by atoms with Crippen molar-refractivity contribution in [2.24, 2.45) is 5.92 Å². The van der Waals surface area contributed by atoms with Crippen LogP contribution in [0.3, 0.4) is 0 Å². The molecule has 27 heavy (non-hydrogen) atoms. The maximum Gasteiger partial charge on any atom is 0.223 e. The molecule has 0 aliphatic heterocycles. The zero-order chi connectivity index (χ0) is 18.4. The van der Waals surface area contributed by atoms with E-state index >= 15 is 0 Å². The normalized spacial score (nSPS) is 16.4. The number of H-pyrrole nitrogens is 1. The molecule has 1 aliphatic carbocycles. The summed E-state index contributed by atoms with van der Waals surface area (Å²) >= 11 is 1.66. The van der Waals surface area contributed by atoms with Gasteiger partial charge in [-0.2, -0.15) is 5.10 Å². The number of anilines is 2. The molecule has 9 heteroatoms. The molecule has 1 amide bonds. The Labute approximate surface area is 158 Å². The maximum absolute atomic E-state index is 12.0. The van der Waals surface area contributed by atoms with Gasteiger partial charge in [-0.1, -0.05) is 0 Å². The Morgan fingerprint density at radius 2 is 2.22 bits per heavy atom. The lowest BCUT2D eigenvalue weighted by Gasteiger charge is -2.20. The predicted octanol–water partition coefficient (Wildman–Crippen LogP) is 2.56. The van der Waals surface area contributed by atoms with Gasteiger partial charge in [-0.05, 0) is 30.9 Å². The van der Waals surface area contributed by atoms with Crippen molar-refractivity contribution in [2.45, 2.75) is 19.3 Å². The number of rotatable bonds is 3. The average molecular weight is 379 g/mol. The van der Waals surface area contributed by atoms with E-state index in [1.807, 2.05) is 6.07 Å². The van der Waals surface area contributed by atoms with Crippen molar-refractivity contribution in [3.05, 3.63) is 35.2 Å². The van der Waals surface area contributed by atoms with Crippen LogP contribution < -0.4 is 10.6 Å². The van der Waals surface area contributed by atoms with Crippen molar-refractivity contribution in [1.82, 2.24) is 30.5 Å². The smallest absolute Gasteiger partial charge is 0.223 e. The van der Waals surface area contributed by atoms with Gasteiger partial charge in [0, 0.05) is 23.2 Å². The van der Waals surface area contributed by atoms with E-state index in [2.05, 4.69) is 35.8 Å². The van der Waals surface area contributed by atoms with Gasteiger partial charge in [0.15, 0.2) is 5.65 Å². The van der Waals surface area contributed by atoms with E-state index in [-0.39, 0.29) is 11.8 Å². The van der Waals surface area contributed by atoms with E-state index in [0.717, 1.165) is 52.0 Å². The molecule has 8 nitrogen and oxygen atoms in total. The van der Waals surface area contributed by atoms with Gasteiger partial charge >= 0.3 is 0 Å². The fraction of sp³-hybridized carbons (Fsp3) is 0.278. The average Bonchev–Trinajstić information content (AvgIpc) is 3.30. The minimum atomic E-state index is 0.0348. The van der Waals surface area contributed by atoms with E-state index in [9.17, 15) is 4.79 Å². The van der Waals surface area contributed by atoms with Crippen molar-refractivity contribution in [1.29, 1.82) is 0 Å². The minimum absolute atomic E-state index is 0.0348. The maximum atomic E-state index is 12.0. The molecule has 3 N–H and O–H groups in total. The van der Waals surface area contributed by atoms with E-state index in [1.165, 1.54) is 10.4 Å². The van der Waals surface area contributed by atoms with Gasteiger partial charge in [-0.25, -0.2) is 15.0 Å². The molecule has 0 radical (unpaired) electrons. The van der Waals surface area contributed by atoms with Crippen LogP contribution in [-0.4, -0.2) is 38.1 Å². The number of hydrogen-bond acceptors (Lipinski definition) is 7. The molecule has 0 fully saturated rings.